The van der Waals surface area contributed by atoms with Crippen molar-refractivity contribution in [3.8, 4) is 0 Å². The van der Waals surface area contributed by atoms with Gasteiger partial charge in [-0.25, -0.2) is 0 Å². The third-order valence-electron chi connectivity index (χ3n) is 3.45. The SMILES string of the molecule is O=C(CCC1CCCO1)Cc1ccc(C(F)(F)F)cc1. The molecule has 2 rings (SSSR count). The summed E-state index contributed by atoms with van der Waals surface area (Å²) >= 11 is 0. The van der Waals surface area contributed by atoms with E-state index in [0.717, 1.165) is 31.6 Å². The molecule has 1 aliphatic rings. The fourth-order valence-corrected chi connectivity index (χ4v) is 2.32. The molecule has 1 fully saturated rings. The van der Waals surface area contributed by atoms with Crippen LogP contribution in [0.25, 0.3) is 0 Å². The molecule has 0 N–H and O–H groups in total. The molecular weight excluding hydrogens is 269 g/mol. The van der Waals surface area contributed by atoms with E-state index in [1.165, 1.54) is 12.1 Å². The minimum Gasteiger partial charge on any atom is -0.378 e. The van der Waals surface area contributed by atoms with E-state index in [1.807, 2.05) is 0 Å². The Morgan fingerprint density at radius 1 is 1.25 bits per heavy atom. The molecular formula is C15H17F3O2. The third kappa shape index (κ3) is 4.34. The predicted octanol–water partition coefficient (Wildman–Crippen LogP) is 3.78. The Labute approximate surface area is 115 Å². The van der Waals surface area contributed by atoms with Crippen LogP contribution in [0.2, 0.25) is 0 Å². The van der Waals surface area contributed by atoms with Gasteiger partial charge in [-0.05, 0) is 37.0 Å². The number of carbonyl (C=O) groups is 1. The third-order valence-corrected chi connectivity index (χ3v) is 3.45. The first-order chi connectivity index (χ1) is 9.45. The van der Waals surface area contributed by atoms with E-state index in [-0.39, 0.29) is 18.3 Å². The second kappa shape index (κ2) is 6.39. The van der Waals surface area contributed by atoms with E-state index in [2.05, 4.69) is 0 Å². The van der Waals surface area contributed by atoms with Gasteiger partial charge < -0.3 is 4.74 Å². The lowest BCUT2D eigenvalue weighted by molar-refractivity contribution is -0.137. The quantitative estimate of drug-likeness (QED) is 0.823. The Kier molecular flexibility index (Phi) is 4.81. The average molecular weight is 286 g/mol. The highest BCUT2D eigenvalue weighted by Crippen LogP contribution is 2.29. The second-order valence-electron chi connectivity index (χ2n) is 5.08. The van der Waals surface area contributed by atoms with Gasteiger partial charge in [0.25, 0.3) is 0 Å². The van der Waals surface area contributed by atoms with Gasteiger partial charge in [-0.1, -0.05) is 12.1 Å². The van der Waals surface area contributed by atoms with Crippen LogP contribution in [0.3, 0.4) is 0 Å². The molecule has 5 heteroatoms. The number of ketones is 1. The van der Waals surface area contributed by atoms with Gasteiger partial charge in [0.1, 0.15) is 5.78 Å². The molecule has 0 aromatic heterocycles. The number of hydrogen-bond donors (Lipinski definition) is 0. The van der Waals surface area contributed by atoms with Crippen molar-refractivity contribution < 1.29 is 22.7 Å². The molecule has 110 valence electrons. The van der Waals surface area contributed by atoms with Crippen LogP contribution in [0.15, 0.2) is 24.3 Å². The normalized spacial score (nSPS) is 19.2. The zero-order valence-corrected chi connectivity index (χ0v) is 11.1. The van der Waals surface area contributed by atoms with E-state index in [0.29, 0.717) is 18.4 Å². The van der Waals surface area contributed by atoms with Crippen molar-refractivity contribution in [2.24, 2.45) is 0 Å². The van der Waals surface area contributed by atoms with Crippen LogP contribution in [0.4, 0.5) is 13.2 Å². The summed E-state index contributed by atoms with van der Waals surface area (Å²) in [6.07, 6.45) is -0.810. The first kappa shape index (κ1) is 15.0. The average Bonchev–Trinajstić information content (AvgIpc) is 2.89. The van der Waals surface area contributed by atoms with Crippen molar-refractivity contribution in [3.05, 3.63) is 35.4 Å². The highest BCUT2D eigenvalue weighted by Gasteiger charge is 2.29. The molecule has 1 aliphatic heterocycles. The lowest BCUT2D eigenvalue weighted by atomic mass is 10.0. The number of Topliss-reactive ketones (excluding diaryl/α,β-unsaturated/α-hetero) is 1. The Morgan fingerprint density at radius 3 is 2.50 bits per heavy atom. The summed E-state index contributed by atoms with van der Waals surface area (Å²) in [5.41, 5.74) is -0.0663. The minimum atomic E-state index is -4.33. The smallest absolute Gasteiger partial charge is 0.378 e. The molecule has 0 amide bonds. The minimum absolute atomic E-state index is 0.0419. The topological polar surface area (TPSA) is 26.3 Å². The zero-order chi connectivity index (χ0) is 14.6. The van der Waals surface area contributed by atoms with Gasteiger partial charge in [-0.2, -0.15) is 13.2 Å². The lowest BCUT2D eigenvalue weighted by Crippen LogP contribution is -2.10. The van der Waals surface area contributed by atoms with Crippen molar-refractivity contribution in [2.75, 3.05) is 6.61 Å². The molecule has 1 unspecified atom stereocenters. The van der Waals surface area contributed by atoms with Gasteiger partial charge >= 0.3 is 6.18 Å². The van der Waals surface area contributed by atoms with Crippen LogP contribution in [-0.4, -0.2) is 18.5 Å². The van der Waals surface area contributed by atoms with E-state index in [4.69, 9.17) is 4.74 Å². The Bertz CT molecular complexity index is 445. The number of hydrogen-bond acceptors (Lipinski definition) is 2. The summed E-state index contributed by atoms with van der Waals surface area (Å²) in [6, 6.07) is 4.77. The molecule has 1 atom stereocenters. The standard InChI is InChI=1S/C15H17F3O2/c16-15(17,18)12-5-3-11(4-6-12)10-13(19)7-8-14-2-1-9-20-14/h3-6,14H,1-2,7-10H2. The molecule has 1 heterocycles. The van der Waals surface area contributed by atoms with E-state index in [1.54, 1.807) is 0 Å². The van der Waals surface area contributed by atoms with Crippen LogP contribution in [0.5, 0.6) is 0 Å². The van der Waals surface area contributed by atoms with E-state index in [9.17, 15) is 18.0 Å². The Hall–Kier alpha value is -1.36. The molecule has 2 nitrogen and oxygen atoms in total. The molecule has 1 aromatic rings. The highest BCUT2D eigenvalue weighted by atomic mass is 19.4. The molecule has 1 aromatic carbocycles. The van der Waals surface area contributed by atoms with Gasteiger partial charge in [0.15, 0.2) is 0 Å². The summed E-state index contributed by atoms with van der Waals surface area (Å²) < 4.78 is 42.6. The largest absolute Gasteiger partial charge is 0.416 e. The van der Waals surface area contributed by atoms with Crippen LogP contribution in [0.1, 0.15) is 36.8 Å². The zero-order valence-electron chi connectivity index (χ0n) is 11.1. The molecule has 0 saturated carbocycles. The van der Waals surface area contributed by atoms with Gasteiger partial charge in [-0.3, -0.25) is 4.79 Å². The second-order valence-corrected chi connectivity index (χ2v) is 5.08. The van der Waals surface area contributed by atoms with Crippen molar-refractivity contribution in [3.63, 3.8) is 0 Å². The van der Waals surface area contributed by atoms with Crippen molar-refractivity contribution >= 4 is 5.78 Å². The number of benzene rings is 1. The summed E-state index contributed by atoms with van der Waals surface area (Å²) in [7, 11) is 0. The predicted molar refractivity (Wildman–Crippen MR) is 68.4 cm³/mol. The van der Waals surface area contributed by atoms with E-state index < -0.39 is 11.7 Å². The maximum absolute atomic E-state index is 12.4. The van der Waals surface area contributed by atoms with Crippen LogP contribution >= 0.6 is 0 Å². The number of carbonyl (C=O) groups excluding carboxylic acids is 1. The summed E-state index contributed by atoms with van der Waals surface area (Å²) in [4.78, 5) is 11.8. The molecule has 0 bridgehead atoms. The first-order valence-corrected chi connectivity index (χ1v) is 6.74. The molecule has 1 saturated heterocycles. The number of ether oxygens (including phenoxy) is 1. The summed E-state index contributed by atoms with van der Waals surface area (Å²) in [6.45, 7) is 0.762. The molecule has 20 heavy (non-hydrogen) atoms. The number of halogens is 3. The molecule has 0 spiro atoms. The van der Waals surface area contributed by atoms with Gasteiger partial charge in [-0.15, -0.1) is 0 Å². The number of rotatable bonds is 5. The van der Waals surface area contributed by atoms with Crippen molar-refractivity contribution in [1.29, 1.82) is 0 Å². The fraction of sp³-hybridized carbons (Fsp3) is 0.533. The summed E-state index contributed by atoms with van der Waals surface area (Å²) in [5, 5.41) is 0. The Balaban J connectivity index is 1.81. The first-order valence-electron chi connectivity index (χ1n) is 6.74. The fourth-order valence-electron chi connectivity index (χ4n) is 2.32. The molecule has 0 aliphatic carbocycles. The van der Waals surface area contributed by atoms with Gasteiger partial charge in [0, 0.05) is 19.4 Å². The van der Waals surface area contributed by atoms with Gasteiger partial charge in [0.05, 0.1) is 11.7 Å². The Morgan fingerprint density at radius 2 is 1.95 bits per heavy atom. The highest BCUT2D eigenvalue weighted by molar-refractivity contribution is 5.80. The monoisotopic (exact) mass is 286 g/mol. The number of alkyl halides is 3. The van der Waals surface area contributed by atoms with Crippen LogP contribution in [0, 0.1) is 0 Å². The van der Waals surface area contributed by atoms with Crippen LogP contribution < -0.4 is 0 Å². The van der Waals surface area contributed by atoms with Gasteiger partial charge in [0.2, 0.25) is 0 Å². The van der Waals surface area contributed by atoms with Crippen LogP contribution in [-0.2, 0) is 22.1 Å². The van der Waals surface area contributed by atoms with Crippen molar-refractivity contribution in [1.82, 2.24) is 0 Å². The van der Waals surface area contributed by atoms with Crippen molar-refractivity contribution in [2.45, 2.75) is 44.4 Å². The maximum Gasteiger partial charge on any atom is 0.416 e. The molecule has 0 radical (unpaired) electrons. The maximum atomic E-state index is 12.4. The van der Waals surface area contributed by atoms with E-state index >= 15 is 0 Å². The lowest BCUT2D eigenvalue weighted by Gasteiger charge is -2.09. The summed E-state index contributed by atoms with van der Waals surface area (Å²) in [5.74, 6) is 0.0419.